The molecule has 2 N–H and O–H groups in total. The van der Waals surface area contributed by atoms with Gasteiger partial charge in [-0.2, -0.15) is 10.2 Å². The van der Waals surface area contributed by atoms with E-state index in [4.69, 9.17) is 9.84 Å². The third-order valence-electron chi connectivity index (χ3n) is 5.68. The van der Waals surface area contributed by atoms with Crippen LogP contribution in [0.4, 0.5) is 11.5 Å². The Morgan fingerprint density at radius 1 is 1.09 bits per heavy atom. The number of rotatable bonds is 6. The number of aromatic carboxylic acids is 1. The van der Waals surface area contributed by atoms with Crippen LogP contribution in [0.3, 0.4) is 0 Å². The molecule has 0 saturated heterocycles. The van der Waals surface area contributed by atoms with Gasteiger partial charge in [0.15, 0.2) is 5.65 Å². The Bertz CT molecular complexity index is 1540. The van der Waals surface area contributed by atoms with E-state index in [0.717, 1.165) is 33.7 Å². The number of carbonyl (C=O) groups is 1. The molecule has 0 bridgehead atoms. The minimum Gasteiger partial charge on any atom is -0.497 e. The van der Waals surface area contributed by atoms with E-state index in [1.54, 1.807) is 21.3 Å². The van der Waals surface area contributed by atoms with Crippen LogP contribution in [0.15, 0.2) is 67.1 Å². The molecule has 34 heavy (non-hydrogen) atoms. The Labute approximate surface area is 195 Å². The van der Waals surface area contributed by atoms with Crippen LogP contribution in [-0.4, -0.2) is 42.6 Å². The molecule has 0 saturated carbocycles. The van der Waals surface area contributed by atoms with Gasteiger partial charge in [-0.05, 0) is 55.8 Å². The van der Waals surface area contributed by atoms with Crippen LogP contribution in [-0.2, 0) is 0 Å². The summed E-state index contributed by atoms with van der Waals surface area (Å²) in [6.07, 6.45) is 3.38. The van der Waals surface area contributed by atoms with E-state index < -0.39 is 5.97 Å². The zero-order valence-corrected chi connectivity index (χ0v) is 18.9. The maximum Gasteiger partial charge on any atom is 0.337 e. The zero-order chi connectivity index (χ0) is 23.8. The first-order valence-corrected chi connectivity index (χ1v) is 10.6. The third kappa shape index (κ3) is 3.62. The van der Waals surface area contributed by atoms with Crippen LogP contribution >= 0.6 is 0 Å². The number of para-hydroxylation sites is 1. The van der Waals surface area contributed by atoms with E-state index in [9.17, 15) is 9.90 Å². The first-order valence-electron chi connectivity index (χ1n) is 10.6. The van der Waals surface area contributed by atoms with Gasteiger partial charge in [0.25, 0.3) is 0 Å². The molecule has 3 heterocycles. The van der Waals surface area contributed by atoms with Gasteiger partial charge in [0, 0.05) is 17.3 Å². The van der Waals surface area contributed by atoms with Gasteiger partial charge in [0.1, 0.15) is 17.9 Å². The van der Waals surface area contributed by atoms with Gasteiger partial charge in [-0.25, -0.2) is 19.0 Å². The average Bonchev–Trinajstić information content (AvgIpc) is 3.43. The van der Waals surface area contributed by atoms with Crippen LogP contribution in [0, 0.1) is 13.8 Å². The highest BCUT2D eigenvalue weighted by Crippen LogP contribution is 2.37. The topological polar surface area (TPSA) is 107 Å². The summed E-state index contributed by atoms with van der Waals surface area (Å²) in [6, 6.07) is 16.6. The summed E-state index contributed by atoms with van der Waals surface area (Å²) in [7, 11) is 1.50. The van der Waals surface area contributed by atoms with Crippen molar-refractivity contribution in [1.82, 2.24) is 24.4 Å². The molecule has 9 nitrogen and oxygen atoms in total. The largest absolute Gasteiger partial charge is 0.497 e. The molecule has 0 fully saturated rings. The Kier molecular flexibility index (Phi) is 5.21. The van der Waals surface area contributed by atoms with Crippen molar-refractivity contribution >= 4 is 23.1 Å². The second kappa shape index (κ2) is 8.36. The molecule has 9 heteroatoms. The van der Waals surface area contributed by atoms with Crippen LogP contribution < -0.4 is 10.1 Å². The minimum absolute atomic E-state index is 0.0900. The molecule has 0 aliphatic carbocycles. The van der Waals surface area contributed by atoms with Gasteiger partial charge in [0.2, 0.25) is 0 Å². The highest BCUT2D eigenvalue weighted by atomic mass is 16.5. The highest BCUT2D eigenvalue weighted by Gasteiger charge is 2.22. The molecule has 0 aliphatic heterocycles. The normalized spacial score (nSPS) is 11.0. The summed E-state index contributed by atoms with van der Waals surface area (Å²) in [5, 5.41) is 22.3. The van der Waals surface area contributed by atoms with E-state index in [1.165, 1.54) is 19.5 Å². The smallest absolute Gasteiger partial charge is 0.337 e. The van der Waals surface area contributed by atoms with Gasteiger partial charge in [0.05, 0.1) is 29.7 Å². The molecule has 5 rings (SSSR count). The molecule has 0 aliphatic rings. The molecular weight excluding hydrogens is 432 g/mol. The average molecular weight is 454 g/mol. The molecule has 0 unspecified atom stereocenters. The summed E-state index contributed by atoms with van der Waals surface area (Å²) < 4.78 is 8.73. The molecule has 0 radical (unpaired) electrons. The van der Waals surface area contributed by atoms with E-state index in [-0.39, 0.29) is 5.56 Å². The number of pyridine rings is 1. The van der Waals surface area contributed by atoms with Gasteiger partial charge in [-0.1, -0.05) is 18.2 Å². The second-order valence-electron chi connectivity index (χ2n) is 7.83. The number of carboxylic acid groups (broad SMARTS) is 1. The number of nitrogens with one attached hydrogen (secondary N) is 1. The number of aryl methyl sites for hydroxylation is 2. The number of ether oxygens (including phenoxy) is 1. The molecular formula is C25H22N6O3. The highest BCUT2D eigenvalue weighted by molar-refractivity contribution is 5.96. The van der Waals surface area contributed by atoms with Crippen LogP contribution in [0.2, 0.25) is 0 Å². The Morgan fingerprint density at radius 2 is 1.91 bits per heavy atom. The Morgan fingerprint density at radius 3 is 2.68 bits per heavy atom. The molecule has 3 aromatic heterocycles. The third-order valence-corrected chi connectivity index (χ3v) is 5.68. The maximum absolute atomic E-state index is 12.0. The zero-order valence-electron chi connectivity index (χ0n) is 18.9. The second-order valence-corrected chi connectivity index (χ2v) is 7.83. The van der Waals surface area contributed by atoms with Gasteiger partial charge in [-0.15, -0.1) is 0 Å². The quantitative estimate of drug-likeness (QED) is 0.385. The van der Waals surface area contributed by atoms with Crippen LogP contribution in [0.25, 0.3) is 22.5 Å². The number of hydrogen-bond donors (Lipinski definition) is 2. The fourth-order valence-corrected chi connectivity index (χ4v) is 3.99. The van der Waals surface area contributed by atoms with Crippen molar-refractivity contribution in [2.24, 2.45) is 0 Å². The van der Waals surface area contributed by atoms with Gasteiger partial charge in [-0.3, -0.25) is 0 Å². The number of methoxy groups -OCH3 is 1. The molecule has 2 aromatic carbocycles. The number of carboxylic acids is 1. The van der Waals surface area contributed by atoms with Crippen molar-refractivity contribution in [3.63, 3.8) is 0 Å². The first-order chi connectivity index (χ1) is 16.5. The molecule has 0 amide bonds. The minimum atomic E-state index is -1.06. The summed E-state index contributed by atoms with van der Waals surface area (Å²) >= 11 is 0. The lowest BCUT2D eigenvalue weighted by atomic mass is 10.1. The molecule has 5 aromatic rings. The summed E-state index contributed by atoms with van der Waals surface area (Å²) in [6.45, 7) is 3.93. The maximum atomic E-state index is 12.0. The predicted molar refractivity (Wildman–Crippen MR) is 128 cm³/mol. The number of anilines is 2. The van der Waals surface area contributed by atoms with Crippen molar-refractivity contribution in [3.8, 4) is 22.6 Å². The number of nitrogens with zero attached hydrogens (tertiary/aromatic N) is 5. The number of aromatic nitrogens is 5. The lowest BCUT2D eigenvalue weighted by Crippen LogP contribution is -2.08. The number of fused-ring (bicyclic) bond motifs is 1. The van der Waals surface area contributed by atoms with Crippen molar-refractivity contribution < 1.29 is 14.6 Å². The molecule has 170 valence electrons. The Balaban J connectivity index is 1.74. The fourth-order valence-electron chi connectivity index (χ4n) is 3.99. The van der Waals surface area contributed by atoms with Gasteiger partial charge < -0.3 is 15.2 Å². The van der Waals surface area contributed by atoms with Crippen LogP contribution in [0.5, 0.6) is 5.75 Å². The fraction of sp³-hybridized carbons (Fsp3) is 0.120. The van der Waals surface area contributed by atoms with Crippen LogP contribution in [0.1, 0.15) is 21.6 Å². The Hall–Kier alpha value is -4.66. The number of hydrogen-bond acceptors (Lipinski definition) is 6. The van der Waals surface area contributed by atoms with Gasteiger partial charge >= 0.3 is 5.97 Å². The van der Waals surface area contributed by atoms with E-state index in [1.807, 2.05) is 56.4 Å². The summed E-state index contributed by atoms with van der Waals surface area (Å²) in [4.78, 5) is 16.2. The van der Waals surface area contributed by atoms with Crippen molar-refractivity contribution in [3.05, 3.63) is 83.9 Å². The van der Waals surface area contributed by atoms with E-state index >= 15 is 0 Å². The van der Waals surface area contributed by atoms with Crippen molar-refractivity contribution in [2.75, 3.05) is 12.4 Å². The van der Waals surface area contributed by atoms with Crippen molar-refractivity contribution in [2.45, 2.75) is 13.8 Å². The number of benzene rings is 2. The summed E-state index contributed by atoms with van der Waals surface area (Å²) in [5.74, 6) is 0.0352. The standard InChI is InChI=1S/C25H22N6O3/c1-15-6-4-5-7-21(15)31-24(28-20-10-9-18(34-3)12-19(20)25(32)33)23(16(2)29-31)17-8-11-22-26-14-27-30(22)13-17/h4-14,28H,1-3H3,(H,32,33). The monoisotopic (exact) mass is 454 g/mol. The summed E-state index contributed by atoms with van der Waals surface area (Å²) in [5.41, 5.74) is 5.61. The molecule has 0 atom stereocenters. The lowest BCUT2D eigenvalue weighted by molar-refractivity contribution is 0.0697. The molecule has 0 spiro atoms. The van der Waals surface area contributed by atoms with E-state index in [2.05, 4.69) is 15.4 Å². The van der Waals surface area contributed by atoms with E-state index in [0.29, 0.717) is 17.3 Å². The predicted octanol–water partition coefficient (Wildman–Crippen LogP) is 4.65. The SMILES string of the molecule is COc1ccc(Nc2c(-c3ccc4ncnn4c3)c(C)nn2-c2ccccc2C)c(C(=O)O)c1. The lowest BCUT2D eigenvalue weighted by Gasteiger charge is -2.16. The first kappa shape index (κ1) is 21.2. The van der Waals surface area contributed by atoms with Crippen molar-refractivity contribution in [1.29, 1.82) is 0 Å².